The van der Waals surface area contributed by atoms with E-state index in [9.17, 15) is 13.2 Å². The number of thiocyanates is 1. The molecule has 0 bridgehead atoms. The lowest BCUT2D eigenvalue weighted by Gasteiger charge is -2.30. The average molecular weight is 272 g/mol. The highest BCUT2D eigenvalue weighted by Crippen LogP contribution is 2.33. The number of thioether (sulfide) groups is 1. The molecule has 1 aromatic rings. The summed E-state index contributed by atoms with van der Waals surface area (Å²) in [6.07, 6.45) is -3.27. The van der Waals surface area contributed by atoms with Crippen molar-refractivity contribution in [3.05, 3.63) is 29.3 Å². The Balaban J connectivity index is 2.27. The lowest BCUT2D eigenvalue weighted by Crippen LogP contribution is -2.36. The zero-order chi connectivity index (χ0) is 13.2. The van der Waals surface area contributed by atoms with E-state index in [2.05, 4.69) is 4.90 Å². The fourth-order valence-electron chi connectivity index (χ4n) is 1.83. The maximum Gasteiger partial charge on any atom is 0.416 e. The van der Waals surface area contributed by atoms with Gasteiger partial charge >= 0.3 is 6.18 Å². The molecule has 0 N–H and O–H groups in total. The number of alkyl halides is 3. The van der Waals surface area contributed by atoms with Crippen molar-refractivity contribution in [2.24, 2.45) is 0 Å². The minimum absolute atomic E-state index is 0.350. The van der Waals surface area contributed by atoms with Crippen LogP contribution in [-0.2, 0) is 12.7 Å². The molecule has 1 aromatic carbocycles. The van der Waals surface area contributed by atoms with Gasteiger partial charge in [-0.15, -0.1) is 0 Å². The molecule has 1 fully saturated rings. The molecule has 0 atom stereocenters. The maximum atomic E-state index is 12.7. The highest BCUT2D eigenvalue weighted by Gasteiger charge is 2.31. The molecule has 6 heteroatoms. The van der Waals surface area contributed by atoms with Gasteiger partial charge in [0.05, 0.1) is 5.56 Å². The molecule has 0 radical (unpaired) electrons. The Hall–Kier alpha value is -1.19. The van der Waals surface area contributed by atoms with Crippen molar-refractivity contribution in [3.8, 4) is 5.40 Å². The van der Waals surface area contributed by atoms with Crippen LogP contribution >= 0.6 is 11.8 Å². The second-order valence-electron chi connectivity index (χ2n) is 4.19. The first-order valence-corrected chi connectivity index (χ1v) is 6.30. The van der Waals surface area contributed by atoms with Gasteiger partial charge in [0.25, 0.3) is 0 Å². The lowest BCUT2D eigenvalue weighted by molar-refractivity contribution is -0.137. The van der Waals surface area contributed by atoms with Gasteiger partial charge in [0.15, 0.2) is 0 Å². The highest BCUT2D eigenvalue weighted by molar-refractivity contribution is 8.03. The van der Waals surface area contributed by atoms with E-state index in [1.165, 1.54) is 6.07 Å². The monoisotopic (exact) mass is 272 g/mol. The Morgan fingerprint density at radius 1 is 1.28 bits per heavy atom. The molecular formula is C12H11F3N2S. The quantitative estimate of drug-likeness (QED) is 0.622. The van der Waals surface area contributed by atoms with Gasteiger partial charge in [-0.05, 0) is 55.0 Å². The van der Waals surface area contributed by atoms with E-state index in [0.717, 1.165) is 37.3 Å². The van der Waals surface area contributed by atoms with Gasteiger partial charge in [-0.2, -0.15) is 18.4 Å². The summed E-state index contributed by atoms with van der Waals surface area (Å²) in [5.41, 5.74) is -0.0689. The van der Waals surface area contributed by atoms with Crippen molar-refractivity contribution < 1.29 is 13.2 Å². The molecule has 0 amide bonds. The van der Waals surface area contributed by atoms with Crippen molar-refractivity contribution in [1.82, 2.24) is 4.90 Å². The van der Waals surface area contributed by atoms with Crippen LogP contribution in [0.3, 0.4) is 0 Å². The van der Waals surface area contributed by atoms with Crippen molar-refractivity contribution in [2.75, 3.05) is 13.1 Å². The molecule has 0 saturated carbocycles. The molecule has 1 aliphatic rings. The summed E-state index contributed by atoms with van der Waals surface area (Å²) < 4.78 is 38.1. The van der Waals surface area contributed by atoms with Crippen LogP contribution in [0.25, 0.3) is 0 Å². The third kappa shape index (κ3) is 3.18. The van der Waals surface area contributed by atoms with E-state index < -0.39 is 11.7 Å². The van der Waals surface area contributed by atoms with Crippen LogP contribution < -0.4 is 0 Å². The Kier molecular flexibility index (Phi) is 3.83. The average Bonchev–Trinajstić information content (AvgIpc) is 2.23. The van der Waals surface area contributed by atoms with Crippen molar-refractivity contribution in [2.45, 2.75) is 24.0 Å². The largest absolute Gasteiger partial charge is 0.416 e. The zero-order valence-corrected chi connectivity index (χ0v) is 10.3. The molecule has 2 nitrogen and oxygen atoms in total. The standard InChI is InChI=1S/C12H11F3N2S/c13-12(14,15)10-4-9(7-17-2-1-3-17)5-11(6-10)18-8-16/h4-6H,1-3,7H2. The fraction of sp³-hybridized carbons (Fsp3) is 0.417. The van der Waals surface area contributed by atoms with Crippen LogP contribution in [0, 0.1) is 10.7 Å². The zero-order valence-electron chi connectivity index (χ0n) is 9.50. The van der Waals surface area contributed by atoms with Crippen molar-refractivity contribution in [3.63, 3.8) is 0 Å². The first-order valence-electron chi connectivity index (χ1n) is 5.48. The minimum Gasteiger partial charge on any atom is -0.299 e. The Labute approximate surface area is 107 Å². The summed E-state index contributed by atoms with van der Waals surface area (Å²) in [5.74, 6) is 0. The number of hydrogen-bond donors (Lipinski definition) is 0. The lowest BCUT2D eigenvalue weighted by atomic mass is 10.1. The summed E-state index contributed by atoms with van der Waals surface area (Å²) >= 11 is 0.759. The number of rotatable bonds is 3. The van der Waals surface area contributed by atoms with Gasteiger partial charge in [0.2, 0.25) is 0 Å². The summed E-state index contributed by atoms with van der Waals surface area (Å²) in [7, 11) is 0. The van der Waals surface area contributed by atoms with Crippen LogP contribution in [-0.4, -0.2) is 18.0 Å². The molecule has 1 aliphatic heterocycles. The fourth-order valence-corrected chi connectivity index (χ4v) is 2.33. The maximum absolute atomic E-state index is 12.7. The third-order valence-corrected chi connectivity index (χ3v) is 3.37. The number of halogens is 3. The summed E-state index contributed by atoms with van der Waals surface area (Å²) in [6.45, 7) is 2.37. The van der Waals surface area contributed by atoms with E-state index >= 15 is 0 Å². The van der Waals surface area contributed by atoms with Gasteiger partial charge < -0.3 is 0 Å². The molecule has 1 saturated heterocycles. The second kappa shape index (κ2) is 5.21. The molecule has 96 valence electrons. The van der Waals surface area contributed by atoms with Gasteiger partial charge in [-0.3, -0.25) is 4.90 Å². The Bertz CT molecular complexity index is 475. The van der Waals surface area contributed by atoms with Crippen LogP contribution in [0.5, 0.6) is 0 Å². The normalized spacial score (nSPS) is 16.1. The van der Waals surface area contributed by atoms with Gasteiger partial charge in [-0.25, -0.2) is 0 Å². The number of likely N-dealkylation sites (tertiary alicyclic amines) is 1. The first kappa shape index (κ1) is 13.2. The number of hydrogen-bond acceptors (Lipinski definition) is 3. The van der Waals surface area contributed by atoms with E-state index in [1.807, 2.05) is 0 Å². The Morgan fingerprint density at radius 2 is 2.00 bits per heavy atom. The van der Waals surface area contributed by atoms with Gasteiger partial charge in [0, 0.05) is 11.4 Å². The highest BCUT2D eigenvalue weighted by atomic mass is 32.2. The van der Waals surface area contributed by atoms with Gasteiger partial charge in [-0.1, -0.05) is 0 Å². The van der Waals surface area contributed by atoms with Crippen LogP contribution in [0.1, 0.15) is 17.5 Å². The summed E-state index contributed by atoms with van der Waals surface area (Å²) in [5, 5.41) is 10.4. The van der Waals surface area contributed by atoms with Crippen LogP contribution in [0.4, 0.5) is 13.2 Å². The van der Waals surface area contributed by atoms with E-state index in [4.69, 9.17) is 5.26 Å². The van der Waals surface area contributed by atoms with E-state index in [-0.39, 0.29) is 0 Å². The molecule has 0 spiro atoms. The van der Waals surface area contributed by atoms with E-state index in [1.54, 1.807) is 11.5 Å². The van der Waals surface area contributed by atoms with Crippen molar-refractivity contribution in [1.29, 1.82) is 5.26 Å². The second-order valence-corrected chi connectivity index (χ2v) is 5.04. The summed E-state index contributed by atoms with van der Waals surface area (Å²) in [6, 6.07) is 3.84. The SMILES string of the molecule is N#CSc1cc(CN2CCC2)cc(C(F)(F)F)c1. The smallest absolute Gasteiger partial charge is 0.299 e. The number of nitrogens with zero attached hydrogens (tertiary/aromatic N) is 2. The molecule has 0 aliphatic carbocycles. The predicted octanol–water partition coefficient (Wildman–Crippen LogP) is 3.48. The molecule has 0 aromatic heterocycles. The predicted molar refractivity (Wildman–Crippen MR) is 62.8 cm³/mol. The third-order valence-electron chi connectivity index (χ3n) is 2.81. The molecular weight excluding hydrogens is 261 g/mol. The molecule has 1 heterocycles. The molecule has 18 heavy (non-hydrogen) atoms. The minimum atomic E-state index is -4.37. The molecule has 2 rings (SSSR count). The van der Waals surface area contributed by atoms with Crippen molar-refractivity contribution >= 4 is 11.8 Å². The summed E-state index contributed by atoms with van der Waals surface area (Å²) in [4.78, 5) is 2.43. The van der Waals surface area contributed by atoms with Crippen LogP contribution in [0.2, 0.25) is 0 Å². The van der Waals surface area contributed by atoms with Gasteiger partial charge in [0.1, 0.15) is 5.40 Å². The first-order chi connectivity index (χ1) is 8.49. The van der Waals surface area contributed by atoms with Crippen LogP contribution in [0.15, 0.2) is 23.1 Å². The van der Waals surface area contributed by atoms with E-state index in [0.29, 0.717) is 17.0 Å². The topological polar surface area (TPSA) is 27.0 Å². The number of benzene rings is 1. The number of nitriles is 1. The Morgan fingerprint density at radius 3 is 2.50 bits per heavy atom. The molecule has 0 unspecified atom stereocenters.